The topological polar surface area (TPSA) is 85.1 Å². The van der Waals surface area contributed by atoms with E-state index in [1.807, 2.05) is 12.1 Å². The van der Waals surface area contributed by atoms with Crippen LogP contribution in [0.3, 0.4) is 0 Å². The van der Waals surface area contributed by atoms with Crippen LogP contribution in [0, 0.1) is 0 Å². The molecule has 1 atom stereocenters. The lowest BCUT2D eigenvalue weighted by Gasteiger charge is -2.17. The van der Waals surface area contributed by atoms with Crippen LogP contribution in [0.5, 0.6) is 5.75 Å². The van der Waals surface area contributed by atoms with Crippen molar-refractivity contribution in [3.63, 3.8) is 0 Å². The molecule has 1 aliphatic rings. The van der Waals surface area contributed by atoms with Crippen molar-refractivity contribution in [2.45, 2.75) is 18.9 Å². The Morgan fingerprint density at radius 3 is 2.96 bits per heavy atom. The Labute approximate surface area is 152 Å². The molecule has 0 saturated carbocycles. The molecule has 2 aromatic carbocycles. The number of nitrogens with zero attached hydrogens (tertiary/aromatic N) is 2. The number of nitrogens with one attached hydrogen (secondary N) is 2. The fourth-order valence-electron chi connectivity index (χ4n) is 3.47. The quantitative estimate of drug-likeness (QED) is 0.656. The molecule has 1 unspecified atom stereocenters. The molecule has 0 amide bonds. The van der Waals surface area contributed by atoms with Crippen LogP contribution in [-0.2, 0) is 6.42 Å². The number of hydrogen-bond acceptors (Lipinski definition) is 6. The van der Waals surface area contributed by atoms with Gasteiger partial charge in [0.25, 0.3) is 0 Å². The van der Waals surface area contributed by atoms with Gasteiger partial charge in [-0.15, -0.1) is 0 Å². The van der Waals surface area contributed by atoms with E-state index >= 15 is 0 Å². The number of anilines is 2. The van der Waals surface area contributed by atoms with E-state index in [4.69, 9.17) is 10.5 Å². The van der Waals surface area contributed by atoms with Gasteiger partial charge in [-0.05, 0) is 48.2 Å². The van der Waals surface area contributed by atoms with Crippen molar-refractivity contribution in [2.24, 2.45) is 0 Å². The second kappa shape index (κ2) is 7.17. The molecule has 0 spiro atoms. The fraction of sp³-hybridized carbons (Fsp3) is 0.300. The molecule has 1 fully saturated rings. The summed E-state index contributed by atoms with van der Waals surface area (Å²) in [6.45, 7) is 2.04. The Hall–Kier alpha value is -2.86. The SMILES string of the molecule is COc1ccc2cc(Cc3ccnc(N)n3)cc(NC3CCNC3)c2c1. The van der Waals surface area contributed by atoms with Gasteiger partial charge in [0.05, 0.1) is 12.8 Å². The summed E-state index contributed by atoms with van der Waals surface area (Å²) in [4.78, 5) is 8.30. The Bertz CT molecular complexity index is 921. The summed E-state index contributed by atoms with van der Waals surface area (Å²) < 4.78 is 5.42. The molecule has 4 N–H and O–H groups in total. The summed E-state index contributed by atoms with van der Waals surface area (Å²) in [7, 11) is 1.70. The van der Waals surface area contributed by atoms with Gasteiger partial charge in [0.2, 0.25) is 5.95 Å². The molecule has 0 radical (unpaired) electrons. The van der Waals surface area contributed by atoms with Gasteiger partial charge >= 0.3 is 0 Å². The minimum Gasteiger partial charge on any atom is -0.497 e. The molecule has 134 valence electrons. The first-order valence-corrected chi connectivity index (χ1v) is 8.86. The molecule has 0 bridgehead atoms. The molecule has 6 nitrogen and oxygen atoms in total. The average Bonchev–Trinajstić information content (AvgIpc) is 3.14. The lowest BCUT2D eigenvalue weighted by Crippen LogP contribution is -2.22. The molecule has 6 heteroatoms. The van der Waals surface area contributed by atoms with E-state index in [-0.39, 0.29) is 0 Å². The highest BCUT2D eigenvalue weighted by Gasteiger charge is 2.16. The normalized spacial score (nSPS) is 16.7. The summed E-state index contributed by atoms with van der Waals surface area (Å²) in [5.41, 5.74) is 8.95. The second-order valence-corrected chi connectivity index (χ2v) is 6.65. The third-order valence-electron chi connectivity index (χ3n) is 4.76. The van der Waals surface area contributed by atoms with Crippen LogP contribution in [0.4, 0.5) is 11.6 Å². The van der Waals surface area contributed by atoms with Crippen molar-refractivity contribution in [1.29, 1.82) is 0 Å². The van der Waals surface area contributed by atoms with E-state index in [0.717, 1.165) is 36.6 Å². The molecule has 0 aliphatic carbocycles. The van der Waals surface area contributed by atoms with Gasteiger partial charge < -0.3 is 21.1 Å². The monoisotopic (exact) mass is 349 g/mol. The summed E-state index contributed by atoms with van der Waals surface area (Å²) in [6, 6.07) is 12.9. The predicted octanol–water partition coefficient (Wildman–Crippen LogP) is 2.59. The Morgan fingerprint density at radius 1 is 1.27 bits per heavy atom. The zero-order valence-electron chi connectivity index (χ0n) is 14.8. The average molecular weight is 349 g/mol. The van der Waals surface area contributed by atoms with E-state index in [0.29, 0.717) is 18.4 Å². The van der Waals surface area contributed by atoms with Crippen molar-refractivity contribution in [1.82, 2.24) is 15.3 Å². The highest BCUT2D eigenvalue weighted by atomic mass is 16.5. The zero-order chi connectivity index (χ0) is 17.9. The second-order valence-electron chi connectivity index (χ2n) is 6.65. The van der Waals surface area contributed by atoms with Gasteiger partial charge in [-0.3, -0.25) is 0 Å². The molecule has 1 aromatic heterocycles. The van der Waals surface area contributed by atoms with Gasteiger partial charge in [-0.1, -0.05) is 12.1 Å². The first-order chi connectivity index (χ1) is 12.7. The van der Waals surface area contributed by atoms with Crippen molar-refractivity contribution < 1.29 is 4.74 Å². The molecule has 2 heterocycles. The smallest absolute Gasteiger partial charge is 0.220 e. The lowest BCUT2D eigenvalue weighted by atomic mass is 10.0. The molecule has 26 heavy (non-hydrogen) atoms. The summed E-state index contributed by atoms with van der Waals surface area (Å²) in [6.07, 6.45) is 3.54. The van der Waals surface area contributed by atoms with Crippen LogP contribution < -0.4 is 21.1 Å². The van der Waals surface area contributed by atoms with Gasteiger partial charge in [0.1, 0.15) is 5.75 Å². The third kappa shape index (κ3) is 3.55. The van der Waals surface area contributed by atoms with Crippen LogP contribution in [0.1, 0.15) is 17.7 Å². The van der Waals surface area contributed by atoms with Crippen LogP contribution in [0.25, 0.3) is 10.8 Å². The highest BCUT2D eigenvalue weighted by Crippen LogP contribution is 2.31. The van der Waals surface area contributed by atoms with Crippen molar-refractivity contribution in [3.8, 4) is 5.75 Å². The minimum absolute atomic E-state index is 0.309. The zero-order valence-corrected chi connectivity index (χ0v) is 14.8. The summed E-state index contributed by atoms with van der Waals surface area (Å²) in [5, 5.41) is 9.45. The summed E-state index contributed by atoms with van der Waals surface area (Å²) in [5.74, 6) is 1.17. The van der Waals surface area contributed by atoms with E-state index in [9.17, 15) is 0 Å². The highest BCUT2D eigenvalue weighted by molar-refractivity contribution is 5.95. The minimum atomic E-state index is 0.309. The maximum Gasteiger partial charge on any atom is 0.220 e. The van der Waals surface area contributed by atoms with Crippen LogP contribution in [-0.4, -0.2) is 36.2 Å². The largest absolute Gasteiger partial charge is 0.497 e. The van der Waals surface area contributed by atoms with E-state index in [1.54, 1.807) is 13.3 Å². The number of benzene rings is 2. The number of rotatable bonds is 5. The number of methoxy groups -OCH3 is 1. The Kier molecular flexibility index (Phi) is 4.58. The molecule has 3 aromatic rings. The van der Waals surface area contributed by atoms with Gasteiger partial charge in [-0.2, -0.15) is 0 Å². The lowest BCUT2D eigenvalue weighted by molar-refractivity contribution is 0.415. The van der Waals surface area contributed by atoms with Gasteiger partial charge in [0, 0.05) is 36.3 Å². The number of hydrogen-bond donors (Lipinski definition) is 3. The predicted molar refractivity (Wildman–Crippen MR) is 105 cm³/mol. The number of ether oxygens (including phenoxy) is 1. The van der Waals surface area contributed by atoms with Crippen molar-refractivity contribution in [3.05, 3.63) is 53.9 Å². The Morgan fingerprint density at radius 2 is 2.19 bits per heavy atom. The maximum atomic E-state index is 5.72. The van der Waals surface area contributed by atoms with Crippen LogP contribution >= 0.6 is 0 Å². The van der Waals surface area contributed by atoms with E-state index in [2.05, 4.69) is 44.9 Å². The first-order valence-electron chi connectivity index (χ1n) is 8.86. The molecule has 1 saturated heterocycles. The summed E-state index contributed by atoms with van der Waals surface area (Å²) >= 11 is 0. The maximum absolute atomic E-state index is 5.72. The number of aromatic nitrogens is 2. The van der Waals surface area contributed by atoms with Crippen LogP contribution in [0.2, 0.25) is 0 Å². The number of fused-ring (bicyclic) bond motifs is 1. The molecular formula is C20H23N5O. The van der Waals surface area contributed by atoms with Gasteiger partial charge in [-0.25, -0.2) is 9.97 Å². The van der Waals surface area contributed by atoms with Crippen molar-refractivity contribution >= 4 is 22.4 Å². The third-order valence-corrected chi connectivity index (χ3v) is 4.76. The number of nitrogen functional groups attached to an aromatic ring is 1. The van der Waals surface area contributed by atoms with E-state index < -0.39 is 0 Å². The van der Waals surface area contributed by atoms with E-state index in [1.165, 1.54) is 16.3 Å². The Balaban J connectivity index is 1.73. The first kappa shape index (κ1) is 16.6. The molecular weight excluding hydrogens is 326 g/mol. The standard InChI is InChI=1S/C20H23N5O/c1-26-17-3-2-14-8-13(9-15-5-7-23-20(21)25-15)10-19(18(14)11-17)24-16-4-6-22-12-16/h2-3,5,7-8,10-11,16,22,24H,4,6,9,12H2,1H3,(H2,21,23,25). The molecule has 1 aliphatic heterocycles. The van der Waals surface area contributed by atoms with Gasteiger partial charge in [0.15, 0.2) is 0 Å². The van der Waals surface area contributed by atoms with Crippen LogP contribution in [0.15, 0.2) is 42.6 Å². The molecule has 4 rings (SSSR count). The van der Waals surface area contributed by atoms with Crippen molar-refractivity contribution in [2.75, 3.05) is 31.2 Å². The number of nitrogens with two attached hydrogens (primary N) is 1. The fourth-order valence-corrected chi connectivity index (χ4v) is 3.47.